The standard InChI is InChI=1S/C17H26N6S/c1-6-18-17(21-11-16-22-12(2)13(3)24-16)20-10-14-7-8-19-15(9-14)23(4)5/h7-9H,6,10-11H2,1-5H3,(H2,18,20,21). The number of pyridine rings is 1. The second-order valence-corrected chi connectivity index (χ2v) is 7.00. The maximum Gasteiger partial charge on any atom is 0.191 e. The van der Waals surface area contributed by atoms with Gasteiger partial charge in [-0.25, -0.2) is 15.0 Å². The van der Waals surface area contributed by atoms with E-state index in [4.69, 9.17) is 0 Å². The summed E-state index contributed by atoms with van der Waals surface area (Å²) in [5, 5.41) is 7.70. The van der Waals surface area contributed by atoms with E-state index >= 15 is 0 Å². The fourth-order valence-corrected chi connectivity index (χ4v) is 2.96. The van der Waals surface area contributed by atoms with Gasteiger partial charge in [0.05, 0.1) is 18.8 Å². The number of nitrogens with zero attached hydrogens (tertiary/aromatic N) is 4. The van der Waals surface area contributed by atoms with Crippen LogP contribution in [0, 0.1) is 13.8 Å². The summed E-state index contributed by atoms with van der Waals surface area (Å²) in [4.78, 5) is 16.8. The molecule has 130 valence electrons. The van der Waals surface area contributed by atoms with E-state index in [1.165, 1.54) is 4.88 Å². The van der Waals surface area contributed by atoms with Gasteiger partial charge in [0.15, 0.2) is 5.96 Å². The second-order valence-electron chi connectivity index (χ2n) is 5.71. The molecule has 0 fully saturated rings. The molecule has 0 aliphatic heterocycles. The monoisotopic (exact) mass is 346 g/mol. The molecule has 7 heteroatoms. The zero-order chi connectivity index (χ0) is 17.5. The van der Waals surface area contributed by atoms with Crippen LogP contribution in [0.2, 0.25) is 0 Å². The average molecular weight is 347 g/mol. The maximum atomic E-state index is 4.65. The summed E-state index contributed by atoms with van der Waals surface area (Å²) < 4.78 is 0. The van der Waals surface area contributed by atoms with E-state index in [1.807, 2.05) is 38.2 Å². The van der Waals surface area contributed by atoms with Crippen molar-refractivity contribution in [1.29, 1.82) is 0 Å². The number of hydrogen-bond donors (Lipinski definition) is 2. The Hall–Kier alpha value is -2.15. The Morgan fingerprint density at radius 3 is 2.71 bits per heavy atom. The molecule has 2 heterocycles. The Labute approximate surface area is 148 Å². The number of guanidine groups is 1. The predicted octanol–water partition coefficient (Wildman–Crippen LogP) is 2.48. The van der Waals surface area contributed by atoms with E-state index < -0.39 is 0 Å². The lowest BCUT2D eigenvalue weighted by Gasteiger charge is -2.12. The zero-order valence-corrected chi connectivity index (χ0v) is 15.9. The van der Waals surface area contributed by atoms with Gasteiger partial charge in [0.2, 0.25) is 0 Å². The Morgan fingerprint density at radius 1 is 1.29 bits per heavy atom. The van der Waals surface area contributed by atoms with Gasteiger partial charge in [0.25, 0.3) is 0 Å². The number of rotatable bonds is 6. The number of thiazole rings is 1. The molecule has 2 aromatic rings. The second kappa shape index (κ2) is 8.63. The van der Waals surface area contributed by atoms with Crippen LogP contribution in [0.1, 0.15) is 28.1 Å². The molecule has 0 radical (unpaired) electrons. The van der Waals surface area contributed by atoms with Crippen LogP contribution in [0.15, 0.2) is 23.3 Å². The highest BCUT2D eigenvalue weighted by atomic mass is 32.1. The molecule has 0 aliphatic rings. The topological polar surface area (TPSA) is 65.4 Å². The molecule has 2 N–H and O–H groups in total. The first-order valence-corrected chi connectivity index (χ1v) is 8.88. The van der Waals surface area contributed by atoms with Crippen molar-refractivity contribution in [3.05, 3.63) is 39.5 Å². The van der Waals surface area contributed by atoms with E-state index in [0.717, 1.165) is 34.6 Å². The van der Waals surface area contributed by atoms with Crippen molar-refractivity contribution in [3.63, 3.8) is 0 Å². The Morgan fingerprint density at radius 2 is 2.08 bits per heavy atom. The first-order chi connectivity index (χ1) is 11.5. The van der Waals surface area contributed by atoms with Crippen LogP contribution < -0.4 is 15.5 Å². The molecule has 0 saturated carbocycles. The number of aromatic nitrogens is 2. The van der Waals surface area contributed by atoms with Crippen molar-refractivity contribution in [2.45, 2.75) is 33.9 Å². The molecule has 6 nitrogen and oxygen atoms in total. The summed E-state index contributed by atoms with van der Waals surface area (Å²) in [7, 11) is 3.97. The predicted molar refractivity (Wildman–Crippen MR) is 102 cm³/mol. The lowest BCUT2D eigenvalue weighted by molar-refractivity contribution is 0.809. The van der Waals surface area contributed by atoms with E-state index in [-0.39, 0.29) is 0 Å². The van der Waals surface area contributed by atoms with E-state index in [1.54, 1.807) is 11.3 Å². The fraction of sp³-hybridized carbons (Fsp3) is 0.471. The summed E-state index contributed by atoms with van der Waals surface area (Å²) in [6.45, 7) is 8.31. The highest BCUT2D eigenvalue weighted by Gasteiger charge is 2.05. The maximum absolute atomic E-state index is 4.65. The number of anilines is 1. The number of aliphatic imine (C=N–C) groups is 1. The van der Waals surface area contributed by atoms with Crippen molar-refractivity contribution >= 4 is 23.1 Å². The Bertz CT molecular complexity index is 673. The molecule has 0 unspecified atom stereocenters. The third-order valence-corrected chi connectivity index (χ3v) is 4.58. The smallest absolute Gasteiger partial charge is 0.191 e. The molecule has 0 spiro atoms. The van der Waals surface area contributed by atoms with Crippen LogP contribution in [-0.2, 0) is 13.1 Å². The van der Waals surface area contributed by atoms with Gasteiger partial charge in [-0.15, -0.1) is 11.3 Å². The molecule has 0 atom stereocenters. The number of nitrogens with one attached hydrogen (secondary N) is 2. The van der Waals surface area contributed by atoms with Crippen LogP contribution >= 0.6 is 11.3 Å². The normalized spacial score (nSPS) is 11.5. The van der Waals surface area contributed by atoms with Crippen molar-refractivity contribution < 1.29 is 0 Å². The molecule has 0 bridgehead atoms. The minimum atomic E-state index is 0.606. The zero-order valence-electron chi connectivity index (χ0n) is 15.1. The number of aryl methyl sites for hydroxylation is 2. The quantitative estimate of drug-likeness (QED) is 0.621. The van der Waals surface area contributed by atoms with E-state index in [2.05, 4.69) is 45.5 Å². The summed E-state index contributed by atoms with van der Waals surface area (Å²) in [5.74, 6) is 1.74. The first-order valence-electron chi connectivity index (χ1n) is 8.07. The van der Waals surface area contributed by atoms with Crippen molar-refractivity contribution in [3.8, 4) is 0 Å². The van der Waals surface area contributed by atoms with Gasteiger partial charge in [0, 0.05) is 31.7 Å². The Balaban J connectivity index is 2.00. The molecule has 0 aliphatic carbocycles. The highest BCUT2D eigenvalue weighted by Crippen LogP contribution is 2.16. The van der Waals surface area contributed by atoms with Crippen LogP contribution in [0.3, 0.4) is 0 Å². The lowest BCUT2D eigenvalue weighted by atomic mass is 10.2. The van der Waals surface area contributed by atoms with Gasteiger partial charge in [-0.1, -0.05) is 0 Å². The Kier molecular flexibility index (Phi) is 6.54. The van der Waals surface area contributed by atoms with Gasteiger partial charge in [-0.3, -0.25) is 0 Å². The molecule has 0 saturated heterocycles. The van der Waals surface area contributed by atoms with Gasteiger partial charge >= 0.3 is 0 Å². The lowest BCUT2D eigenvalue weighted by Crippen LogP contribution is -2.36. The van der Waals surface area contributed by atoms with Crippen LogP contribution in [-0.4, -0.2) is 36.6 Å². The average Bonchev–Trinajstić information content (AvgIpc) is 2.88. The molecule has 2 rings (SSSR count). The van der Waals surface area contributed by atoms with Crippen LogP contribution in [0.4, 0.5) is 5.82 Å². The van der Waals surface area contributed by atoms with Crippen molar-refractivity contribution in [2.75, 3.05) is 25.5 Å². The molecule has 24 heavy (non-hydrogen) atoms. The van der Waals surface area contributed by atoms with Gasteiger partial charge in [-0.2, -0.15) is 0 Å². The van der Waals surface area contributed by atoms with Crippen LogP contribution in [0.5, 0.6) is 0 Å². The molecule has 0 aromatic carbocycles. The summed E-state index contributed by atoms with van der Waals surface area (Å²) in [5.41, 5.74) is 2.23. The van der Waals surface area contributed by atoms with Gasteiger partial charge < -0.3 is 15.5 Å². The third kappa shape index (κ3) is 5.19. The molecule has 2 aromatic heterocycles. The minimum absolute atomic E-state index is 0.606. The van der Waals surface area contributed by atoms with Gasteiger partial charge in [-0.05, 0) is 38.5 Å². The largest absolute Gasteiger partial charge is 0.363 e. The first kappa shape index (κ1) is 18.2. The van der Waals surface area contributed by atoms with E-state index in [9.17, 15) is 0 Å². The van der Waals surface area contributed by atoms with E-state index in [0.29, 0.717) is 13.1 Å². The van der Waals surface area contributed by atoms with Crippen molar-refractivity contribution in [2.24, 2.45) is 4.99 Å². The summed E-state index contributed by atoms with van der Waals surface area (Å²) in [6, 6.07) is 4.05. The molecular formula is C17H26N6S. The summed E-state index contributed by atoms with van der Waals surface area (Å²) >= 11 is 1.72. The molecular weight excluding hydrogens is 320 g/mol. The fourth-order valence-electron chi connectivity index (χ4n) is 2.09. The van der Waals surface area contributed by atoms with Crippen LogP contribution in [0.25, 0.3) is 0 Å². The van der Waals surface area contributed by atoms with Crippen molar-refractivity contribution in [1.82, 2.24) is 20.6 Å². The summed E-state index contributed by atoms with van der Waals surface area (Å²) in [6.07, 6.45) is 1.82. The highest BCUT2D eigenvalue weighted by molar-refractivity contribution is 7.11. The molecule has 0 amide bonds. The third-order valence-electron chi connectivity index (χ3n) is 3.51. The number of hydrogen-bond acceptors (Lipinski definition) is 5. The minimum Gasteiger partial charge on any atom is -0.363 e. The van der Waals surface area contributed by atoms with Gasteiger partial charge in [0.1, 0.15) is 10.8 Å². The SMILES string of the molecule is CCNC(=NCc1ccnc(N(C)C)c1)NCc1nc(C)c(C)s1.